The predicted molar refractivity (Wildman–Crippen MR) is 87.9 cm³/mol. The lowest BCUT2D eigenvalue weighted by Crippen LogP contribution is -2.41. The van der Waals surface area contributed by atoms with Gasteiger partial charge in [0.05, 0.1) is 17.8 Å². The Morgan fingerprint density at radius 2 is 1.78 bits per heavy atom. The maximum absolute atomic E-state index is 11.8. The summed E-state index contributed by atoms with van der Waals surface area (Å²) in [5.74, 6) is -0.256. The third-order valence-corrected chi connectivity index (χ3v) is 4.55. The molecule has 3 rings (SSSR count). The van der Waals surface area contributed by atoms with Crippen molar-refractivity contribution in [3.63, 3.8) is 0 Å². The summed E-state index contributed by atoms with van der Waals surface area (Å²) in [7, 11) is -0.458. The highest BCUT2D eigenvalue weighted by molar-refractivity contribution is 6.62. The topological polar surface area (TPSA) is 57.9 Å². The number of benzene rings is 1. The molecule has 0 amide bonds. The molecule has 0 spiro atoms. The molecular formula is C17H21BO5. The van der Waals surface area contributed by atoms with Gasteiger partial charge in [-0.15, -0.1) is 0 Å². The predicted octanol–water partition coefficient (Wildman–Crippen LogP) is 2.91. The van der Waals surface area contributed by atoms with E-state index in [1.165, 1.54) is 0 Å². The molecule has 1 aliphatic heterocycles. The average Bonchev–Trinajstić information content (AvgIpc) is 2.97. The van der Waals surface area contributed by atoms with Crippen LogP contribution in [0.4, 0.5) is 0 Å². The second-order valence-corrected chi connectivity index (χ2v) is 6.72. The van der Waals surface area contributed by atoms with E-state index >= 15 is 0 Å². The van der Waals surface area contributed by atoms with E-state index in [2.05, 4.69) is 0 Å². The van der Waals surface area contributed by atoms with E-state index in [9.17, 15) is 4.79 Å². The van der Waals surface area contributed by atoms with Gasteiger partial charge in [-0.05, 0) is 52.2 Å². The van der Waals surface area contributed by atoms with Gasteiger partial charge in [0.25, 0.3) is 0 Å². The molecule has 0 saturated carbocycles. The summed E-state index contributed by atoms with van der Waals surface area (Å²) in [6.07, 6.45) is 0. The Kier molecular flexibility index (Phi) is 3.77. The maximum atomic E-state index is 11.8. The molecular weight excluding hydrogens is 295 g/mol. The fourth-order valence-corrected chi connectivity index (χ4v) is 2.48. The van der Waals surface area contributed by atoms with Crippen LogP contribution in [-0.2, 0) is 14.0 Å². The first-order valence-electron chi connectivity index (χ1n) is 7.80. The minimum absolute atomic E-state index is 0.202. The fourth-order valence-electron chi connectivity index (χ4n) is 2.48. The largest absolute Gasteiger partial charge is 0.494 e. The van der Waals surface area contributed by atoms with Crippen LogP contribution in [0.15, 0.2) is 28.7 Å². The molecule has 1 aromatic carbocycles. The van der Waals surface area contributed by atoms with Gasteiger partial charge in [0.1, 0.15) is 5.58 Å². The molecule has 0 aliphatic carbocycles. The van der Waals surface area contributed by atoms with Gasteiger partial charge in [0, 0.05) is 5.39 Å². The summed E-state index contributed by atoms with van der Waals surface area (Å²) >= 11 is 0. The van der Waals surface area contributed by atoms with Crippen molar-refractivity contribution in [2.24, 2.45) is 0 Å². The molecule has 1 aliphatic rings. The SMILES string of the molecule is CCOC(=O)c1cc2ccc(B3OC(C)(C)C(C)(C)O3)cc2o1. The van der Waals surface area contributed by atoms with Crippen molar-refractivity contribution >= 4 is 29.5 Å². The van der Waals surface area contributed by atoms with Crippen molar-refractivity contribution in [2.45, 2.75) is 45.8 Å². The first-order valence-corrected chi connectivity index (χ1v) is 7.80. The monoisotopic (exact) mass is 316 g/mol. The Morgan fingerprint density at radius 1 is 1.13 bits per heavy atom. The van der Waals surface area contributed by atoms with E-state index in [0.29, 0.717) is 12.2 Å². The number of fused-ring (bicyclic) bond motifs is 1. The van der Waals surface area contributed by atoms with Gasteiger partial charge in [-0.25, -0.2) is 4.79 Å². The molecule has 1 fully saturated rings. The van der Waals surface area contributed by atoms with Crippen LogP contribution in [0.25, 0.3) is 11.0 Å². The summed E-state index contributed by atoms with van der Waals surface area (Å²) in [6, 6.07) is 7.35. The van der Waals surface area contributed by atoms with Gasteiger partial charge in [0.2, 0.25) is 5.76 Å². The smallest absolute Gasteiger partial charge is 0.460 e. The lowest BCUT2D eigenvalue weighted by atomic mass is 9.79. The highest BCUT2D eigenvalue weighted by atomic mass is 16.7. The summed E-state index contributed by atoms with van der Waals surface area (Å²) in [4.78, 5) is 11.8. The Hall–Kier alpha value is -1.79. The van der Waals surface area contributed by atoms with Crippen LogP contribution >= 0.6 is 0 Å². The van der Waals surface area contributed by atoms with Gasteiger partial charge in [-0.1, -0.05) is 12.1 Å². The van der Waals surface area contributed by atoms with Crippen molar-refractivity contribution in [3.8, 4) is 0 Å². The number of rotatable bonds is 3. The molecule has 5 nitrogen and oxygen atoms in total. The van der Waals surface area contributed by atoms with Gasteiger partial charge >= 0.3 is 13.1 Å². The number of carbonyl (C=O) groups excluding carboxylic acids is 1. The Morgan fingerprint density at radius 3 is 2.39 bits per heavy atom. The average molecular weight is 316 g/mol. The first-order chi connectivity index (χ1) is 10.7. The van der Waals surface area contributed by atoms with Crippen LogP contribution in [0, 0.1) is 0 Å². The first kappa shape index (κ1) is 16.1. The molecule has 0 bridgehead atoms. The highest BCUT2D eigenvalue weighted by Gasteiger charge is 2.51. The molecule has 0 radical (unpaired) electrons. The van der Waals surface area contributed by atoms with Crippen molar-refractivity contribution in [1.29, 1.82) is 0 Å². The quantitative estimate of drug-likeness (QED) is 0.644. The second kappa shape index (κ2) is 5.39. The number of carbonyl (C=O) groups is 1. The molecule has 0 N–H and O–H groups in total. The Balaban J connectivity index is 1.91. The molecule has 1 saturated heterocycles. The lowest BCUT2D eigenvalue weighted by Gasteiger charge is -2.32. The third-order valence-electron chi connectivity index (χ3n) is 4.55. The zero-order valence-corrected chi connectivity index (χ0v) is 14.1. The van der Waals surface area contributed by atoms with Gasteiger partial charge in [0.15, 0.2) is 0 Å². The van der Waals surface area contributed by atoms with Crippen LogP contribution in [0.2, 0.25) is 0 Å². The van der Waals surface area contributed by atoms with Crippen molar-refractivity contribution in [1.82, 2.24) is 0 Å². The summed E-state index contributed by atoms with van der Waals surface area (Å²) < 4.78 is 22.6. The molecule has 0 unspecified atom stereocenters. The molecule has 1 aromatic heterocycles. The zero-order valence-electron chi connectivity index (χ0n) is 14.1. The van der Waals surface area contributed by atoms with Crippen LogP contribution < -0.4 is 5.46 Å². The normalized spacial score (nSPS) is 19.3. The van der Waals surface area contributed by atoms with E-state index < -0.39 is 24.3 Å². The van der Waals surface area contributed by atoms with E-state index in [0.717, 1.165) is 10.8 Å². The number of furan rings is 1. The van der Waals surface area contributed by atoms with Gasteiger partial charge < -0.3 is 18.5 Å². The maximum Gasteiger partial charge on any atom is 0.494 e. The minimum atomic E-state index is -0.458. The van der Waals surface area contributed by atoms with E-state index in [1.54, 1.807) is 13.0 Å². The number of esters is 1. The molecule has 23 heavy (non-hydrogen) atoms. The number of hydrogen-bond acceptors (Lipinski definition) is 5. The third kappa shape index (κ3) is 2.77. The molecule has 122 valence electrons. The van der Waals surface area contributed by atoms with Crippen LogP contribution in [0.3, 0.4) is 0 Å². The molecule has 6 heteroatoms. The Bertz CT molecular complexity index is 731. The van der Waals surface area contributed by atoms with E-state index in [-0.39, 0.29) is 5.76 Å². The molecule has 0 atom stereocenters. The highest BCUT2D eigenvalue weighted by Crippen LogP contribution is 2.36. The summed E-state index contributed by atoms with van der Waals surface area (Å²) in [6.45, 7) is 10.1. The van der Waals surface area contributed by atoms with Crippen LogP contribution in [0.1, 0.15) is 45.2 Å². The zero-order chi connectivity index (χ0) is 16.8. The van der Waals surface area contributed by atoms with Crippen molar-refractivity contribution in [2.75, 3.05) is 6.61 Å². The standard InChI is InChI=1S/C17H21BO5/c1-6-20-15(19)14-9-11-7-8-12(10-13(11)21-14)18-22-16(2,3)17(4,5)23-18/h7-10H,6H2,1-5H3. The summed E-state index contributed by atoms with van der Waals surface area (Å²) in [5, 5.41) is 0.841. The van der Waals surface area contributed by atoms with Crippen LogP contribution in [0.5, 0.6) is 0 Å². The van der Waals surface area contributed by atoms with E-state index in [4.69, 9.17) is 18.5 Å². The van der Waals surface area contributed by atoms with Crippen molar-refractivity contribution < 1.29 is 23.3 Å². The molecule has 2 heterocycles. The lowest BCUT2D eigenvalue weighted by molar-refractivity contribution is 0.00578. The number of ether oxygens (including phenoxy) is 1. The van der Waals surface area contributed by atoms with Gasteiger partial charge in [-0.2, -0.15) is 0 Å². The number of hydrogen-bond donors (Lipinski definition) is 0. The summed E-state index contributed by atoms with van der Waals surface area (Å²) in [5.41, 5.74) is 0.679. The Labute approximate surface area is 136 Å². The second-order valence-electron chi connectivity index (χ2n) is 6.72. The van der Waals surface area contributed by atoms with Crippen LogP contribution in [-0.4, -0.2) is 30.9 Å². The molecule has 2 aromatic rings. The van der Waals surface area contributed by atoms with E-state index in [1.807, 2.05) is 45.9 Å². The van der Waals surface area contributed by atoms with Crippen molar-refractivity contribution in [3.05, 3.63) is 30.0 Å². The minimum Gasteiger partial charge on any atom is -0.460 e. The fraction of sp³-hybridized carbons (Fsp3) is 0.471. The van der Waals surface area contributed by atoms with Gasteiger partial charge in [-0.3, -0.25) is 0 Å².